The summed E-state index contributed by atoms with van der Waals surface area (Å²) in [6, 6.07) is 0. The highest BCUT2D eigenvalue weighted by Gasteiger charge is 2.59. The van der Waals surface area contributed by atoms with Gasteiger partial charge in [-0.05, 0) is 6.92 Å². The van der Waals surface area contributed by atoms with Crippen molar-refractivity contribution in [2.75, 3.05) is 18.5 Å². The normalized spacial score (nSPS) is 27.2. The van der Waals surface area contributed by atoms with E-state index in [4.69, 9.17) is 16.3 Å². The monoisotopic (exact) mass is 315 g/mol. The van der Waals surface area contributed by atoms with Crippen molar-refractivity contribution in [2.45, 2.75) is 38.9 Å². The van der Waals surface area contributed by atoms with Crippen molar-refractivity contribution < 1.29 is 9.84 Å². The highest BCUT2D eigenvalue weighted by molar-refractivity contribution is 6.32. The van der Waals surface area contributed by atoms with Crippen LogP contribution in [0, 0.1) is 5.41 Å². The van der Waals surface area contributed by atoms with E-state index in [1.807, 2.05) is 20.8 Å². The molecule has 1 aromatic rings. The average molecular weight is 316 g/mol. The third-order valence-corrected chi connectivity index (χ3v) is 4.91. The quantitative estimate of drug-likeness (QED) is 0.859. The van der Waals surface area contributed by atoms with Gasteiger partial charge in [-0.25, -0.2) is 4.68 Å². The molecule has 21 heavy (non-hydrogen) atoms. The second-order valence-electron chi connectivity index (χ2n) is 6.06. The molecule has 1 aromatic heterocycles. The smallest absolute Gasteiger partial charge is 0.287 e. The van der Waals surface area contributed by atoms with Gasteiger partial charge in [-0.2, -0.15) is 5.10 Å². The van der Waals surface area contributed by atoms with E-state index in [1.165, 1.54) is 17.9 Å². The van der Waals surface area contributed by atoms with Crippen molar-refractivity contribution in [3.8, 4) is 0 Å². The van der Waals surface area contributed by atoms with Gasteiger partial charge in [0.05, 0.1) is 23.6 Å². The number of halogens is 1. The minimum absolute atomic E-state index is 0.0338. The second kappa shape index (κ2) is 5.59. The summed E-state index contributed by atoms with van der Waals surface area (Å²) < 4.78 is 6.79. The fraction of sp³-hybridized carbons (Fsp3) is 0.714. The molecule has 6 nitrogen and oxygen atoms in total. The van der Waals surface area contributed by atoms with E-state index in [9.17, 15) is 9.90 Å². The van der Waals surface area contributed by atoms with E-state index in [2.05, 4.69) is 10.4 Å². The van der Waals surface area contributed by atoms with Gasteiger partial charge in [0.1, 0.15) is 5.02 Å². The van der Waals surface area contributed by atoms with Gasteiger partial charge < -0.3 is 15.2 Å². The van der Waals surface area contributed by atoms with Gasteiger partial charge in [0.25, 0.3) is 5.56 Å². The van der Waals surface area contributed by atoms with Crippen LogP contribution in [0.15, 0.2) is 11.0 Å². The molecular weight excluding hydrogens is 294 g/mol. The standard InChI is InChI=1S/C14H22ClN3O3/c1-5-21-10-6-14(20,13(10,2)3)8-16-9-7-17-18(4)12(19)11(9)15/h7,10,16,20H,5-6,8H2,1-4H3/t10-,14-/m1/s1. The molecule has 0 spiro atoms. The van der Waals surface area contributed by atoms with Crippen LogP contribution in [0.1, 0.15) is 27.2 Å². The summed E-state index contributed by atoms with van der Waals surface area (Å²) in [6.45, 7) is 6.81. The summed E-state index contributed by atoms with van der Waals surface area (Å²) >= 11 is 6.00. The molecule has 1 aliphatic rings. The SMILES string of the molecule is CCO[C@@H]1C[C@@](O)(CNc2cnn(C)c(=O)c2Cl)C1(C)C. The second-order valence-corrected chi connectivity index (χ2v) is 6.43. The Labute approximate surface area is 129 Å². The van der Waals surface area contributed by atoms with E-state index < -0.39 is 5.60 Å². The van der Waals surface area contributed by atoms with Gasteiger partial charge in [0.15, 0.2) is 0 Å². The molecule has 0 amide bonds. The molecule has 2 N–H and O–H groups in total. The molecule has 0 radical (unpaired) electrons. The molecule has 7 heteroatoms. The molecule has 0 unspecified atom stereocenters. The number of aryl methyl sites for hydroxylation is 1. The largest absolute Gasteiger partial charge is 0.387 e. The number of hydrogen-bond acceptors (Lipinski definition) is 5. The first-order valence-corrected chi connectivity index (χ1v) is 7.40. The molecule has 0 aliphatic heterocycles. The predicted molar refractivity (Wildman–Crippen MR) is 81.7 cm³/mol. The molecule has 0 aromatic carbocycles. The van der Waals surface area contributed by atoms with Crippen LogP contribution in [0.25, 0.3) is 0 Å². The van der Waals surface area contributed by atoms with Crippen LogP contribution in [0.2, 0.25) is 5.02 Å². The van der Waals surface area contributed by atoms with Crippen molar-refractivity contribution >= 4 is 17.3 Å². The van der Waals surface area contributed by atoms with E-state index in [0.717, 1.165) is 0 Å². The fourth-order valence-electron chi connectivity index (χ4n) is 2.64. The summed E-state index contributed by atoms with van der Waals surface area (Å²) in [5, 5.41) is 17.7. The van der Waals surface area contributed by atoms with Gasteiger partial charge in [-0.3, -0.25) is 4.79 Å². The van der Waals surface area contributed by atoms with Gasteiger partial charge in [-0.1, -0.05) is 25.4 Å². The molecule has 2 rings (SSSR count). The Hall–Kier alpha value is -1.11. The molecule has 1 heterocycles. The fourth-order valence-corrected chi connectivity index (χ4v) is 2.88. The molecule has 0 bridgehead atoms. The first kappa shape index (κ1) is 16.3. The van der Waals surface area contributed by atoms with Crippen LogP contribution in [-0.2, 0) is 11.8 Å². The first-order valence-electron chi connectivity index (χ1n) is 7.02. The number of anilines is 1. The van der Waals surface area contributed by atoms with Gasteiger partial charge in [0, 0.05) is 32.0 Å². The van der Waals surface area contributed by atoms with E-state index >= 15 is 0 Å². The summed E-state index contributed by atoms with van der Waals surface area (Å²) in [6.07, 6.45) is 2.07. The molecule has 1 fully saturated rings. The van der Waals surface area contributed by atoms with Crippen LogP contribution >= 0.6 is 11.6 Å². The molecule has 1 saturated carbocycles. The van der Waals surface area contributed by atoms with Gasteiger partial charge in [0.2, 0.25) is 0 Å². The minimum atomic E-state index is -0.906. The molecule has 1 aliphatic carbocycles. The van der Waals surface area contributed by atoms with Crippen molar-refractivity contribution in [1.82, 2.24) is 9.78 Å². The summed E-state index contributed by atoms with van der Waals surface area (Å²) in [5.41, 5.74) is -1.20. The third kappa shape index (κ3) is 2.67. The number of nitrogens with one attached hydrogen (secondary N) is 1. The zero-order valence-corrected chi connectivity index (χ0v) is 13.6. The third-order valence-electron chi connectivity index (χ3n) is 4.54. The predicted octanol–water partition coefficient (Wildman–Crippen LogP) is 1.41. The van der Waals surface area contributed by atoms with E-state index in [-0.39, 0.29) is 28.6 Å². The summed E-state index contributed by atoms with van der Waals surface area (Å²) in [5.74, 6) is 0. The zero-order valence-electron chi connectivity index (χ0n) is 12.8. The summed E-state index contributed by atoms with van der Waals surface area (Å²) in [7, 11) is 1.53. The maximum Gasteiger partial charge on any atom is 0.287 e. The average Bonchev–Trinajstić information content (AvgIpc) is 2.44. The maximum atomic E-state index is 11.7. The molecule has 118 valence electrons. The Morgan fingerprint density at radius 2 is 2.29 bits per heavy atom. The first-order chi connectivity index (χ1) is 9.73. The van der Waals surface area contributed by atoms with Gasteiger partial charge in [-0.15, -0.1) is 0 Å². The van der Waals surface area contributed by atoms with Gasteiger partial charge >= 0.3 is 0 Å². The number of aliphatic hydroxyl groups is 1. The van der Waals surface area contributed by atoms with Crippen molar-refractivity contribution in [3.63, 3.8) is 0 Å². The molecule has 2 atom stereocenters. The Balaban J connectivity index is 2.08. The number of hydrogen-bond donors (Lipinski definition) is 2. The minimum Gasteiger partial charge on any atom is -0.387 e. The van der Waals surface area contributed by atoms with Crippen molar-refractivity contribution in [1.29, 1.82) is 0 Å². The van der Waals surface area contributed by atoms with Crippen LogP contribution in [0.5, 0.6) is 0 Å². The number of nitrogens with zero attached hydrogens (tertiary/aromatic N) is 2. The van der Waals surface area contributed by atoms with Crippen molar-refractivity contribution in [3.05, 3.63) is 21.6 Å². The van der Waals surface area contributed by atoms with Crippen LogP contribution in [-0.4, -0.2) is 39.7 Å². The molecule has 0 saturated heterocycles. The topological polar surface area (TPSA) is 76.4 Å². The van der Waals surface area contributed by atoms with E-state index in [1.54, 1.807) is 0 Å². The molecular formula is C14H22ClN3O3. The Morgan fingerprint density at radius 1 is 1.62 bits per heavy atom. The van der Waals surface area contributed by atoms with E-state index in [0.29, 0.717) is 18.7 Å². The lowest BCUT2D eigenvalue weighted by atomic mass is 9.56. The highest BCUT2D eigenvalue weighted by Crippen LogP contribution is 2.51. The number of rotatable bonds is 5. The lowest BCUT2D eigenvalue weighted by molar-refractivity contribution is -0.233. The Bertz CT molecular complexity index is 587. The summed E-state index contributed by atoms with van der Waals surface area (Å²) in [4.78, 5) is 11.7. The highest BCUT2D eigenvalue weighted by atomic mass is 35.5. The maximum absolute atomic E-state index is 11.7. The lowest BCUT2D eigenvalue weighted by Crippen LogP contribution is -2.67. The lowest BCUT2D eigenvalue weighted by Gasteiger charge is -2.58. The number of aromatic nitrogens is 2. The Morgan fingerprint density at radius 3 is 2.86 bits per heavy atom. The van der Waals surface area contributed by atoms with Crippen LogP contribution in [0.3, 0.4) is 0 Å². The zero-order chi connectivity index (χ0) is 15.8. The van der Waals surface area contributed by atoms with Crippen LogP contribution in [0.4, 0.5) is 5.69 Å². The Kier molecular flexibility index (Phi) is 4.33. The number of ether oxygens (including phenoxy) is 1. The van der Waals surface area contributed by atoms with Crippen LogP contribution < -0.4 is 10.9 Å². The van der Waals surface area contributed by atoms with Crippen molar-refractivity contribution in [2.24, 2.45) is 12.5 Å².